The minimum Gasteiger partial charge on any atom is -0.393 e. The van der Waals surface area contributed by atoms with Gasteiger partial charge in [-0.15, -0.1) is 0 Å². The molecule has 0 spiro atoms. The van der Waals surface area contributed by atoms with Gasteiger partial charge in [0.1, 0.15) is 0 Å². The molecule has 5 heteroatoms. The molecular weight excluding hydrogens is 218 g/mol. The van der Waals surface area contributed by atoms with Crippen LogP contribution in [0.5, 0.6) is 0 Å². The molecule has 0 radical (unpaired) electrons. The van der Waals surface area contributed by atoms with E-state index in [9.17, 15) is 4.79 Å². The Balaban J connectivity index is 1.92. The molecule has 1 aromatic rings. The summed E-state index contributed by atoms with van der Waals surface area (Å²) in [5.41, 5.74) is -0.0351. The SMILES string of the molecule is CC(O)CCCNc1nccn(C2CC2)c1=O. The quantitative estimate of drug-likeness (QED) is 0.728. The summed E-state index contributed by atoms with van der Waals surface area (Å²) in [6.07, 6.45) is 6.87. The number of nitrogens with zero attached hydrogens (tertiary/aromatic N) is 2. The van der Waals surface area contributed by atoms with E-state index in [1.165, 1.54) is 0 Å². The van der Waals surface area contributed by atoms with Crippen molar-refractivity contribution in [2.24, 2.45) is 0 Å². The maximum absolute atomic E-state index is 12.0. The molecule has 1 unspecified atom stereocenters. The van der Waals surface area contributed by atoms with Crippen LogP contribution in [0.15, 0.2) is 17.2 Å². The average molecular weight is 237 g/mol. The zero-order valence-electron chi connectivity index (χ0n) is 10.1. The first-order chi connectivity index (χ1) is 8.18. The smallest absolute Gasteiger partial charge is 0.293 e. The zero-order chi connectivity index (χ0) is 12.3. The van der Waals surface area contributed by atoms with E-state index >= 15 is 0 Å². The Morgan fingerprint density at radius 2 is 2.41 bits per heavy atom. The number of hydrogen-bond acceptors (Lipinski definition) is 4. The highest BCUT2D eigenvalue weighted by molar-refractivity contribution is 5.30. The fourth-order valence-corrected chi connectivity index (χ4v) is 1.79. The van der Waals surface area contributed by atoms with E-state index in [0.717, 1.165) is 25.7 Å². The van der Waals surface area contributed by atoms with Crippen LogP contribution >= 0.6 is 0 Å². The monoisotopic (exact) mass is 237 g/mol. The number of rotatable bonds is 6. The summed E-state index contributed by atoms with van der Waals surface area (Å²) in [7, 11) is 0. The summed E-state index contributed by atoms with van der Waals surface area (Å²) in [5, 5.41) is 12.2. The Labute approximate surface area is 100 Å². The number of hydrogen-bond donors (Lipinski definition) is 2. The van der Waals surface area contributed by atoms with Gasteiger partial charge in [0.05, 0.1) is 6.10 Å². The molecule has 94 valence electrons. The van der Waals surface area contributed by atoms with E-state index in [1.54, 1.807) is 23.9 Å². The van der Waals surface area contributed by atoms with Gasteiger partial charge < -0.3 is 15.0 Å². The van der Waals surface area contributed by atoms with Crippen LogP contribution in [0.3, 0.4) is 0 Å². The summed E-state index contributed by atoms with van der Waals surface area (Å²) >= 11 is 0. The van der Waals surface area contributed by atoms with E-state index in [0.29, 0.717) is 18.4 Å². The third-order valence-corrected chi connectivity index (χ3v) is 2.90. The molecule has 5 nitrogen and oxygen atoms in total. The Morgan fingerprint density at radius 1 is 1.65 bits per heavy atom. The summed E-state index contributed by atoms with van der Waals surface area (Å²) < 4.78 is 1.75. The van der Waals surface area contributed by atoms with Gasteiger partial charge in [0.15, 0.2) is 5.82 Å². The van der Waals surface area contributed by atoms with E-state index in [4.69, 9.17) is 5.11 Å². The second-order valence-corrected chi connectivity index (χ2v) is 4.64. The molecule has 2 rings (SSSR count). The lowest BCUT2D eigenvalue weighted by Gasteiger charge is -2.08. The van der Waals surface area contributed by atoms with Crippen LogP contribution in [0.1, 0.15) is 38.6 Å². The van der Waals surface area contributed by atoms with E-state index in [-0.39, 0.29) is 11.7 Å². The second-order valence-electron chi connectivity index (χ2n) is 4.64. The fraction of sp³-hybridized carbons (Fsp3) is 0.667. The van der Waals surface area contributed by atoms with Crippen LogP contribution in [-0.2, 0) is 0 Å². The van der Waals surface area contributed by atoms with Crippen molar-refractivity contribution in [2.75, 3.05) is 11.9 Å². The van der Waals surface area contributed by atoms with Crippen molar-refractivity contribution < 1.29 is 5.11 Å². The normalized spacial score (nSPS) is 16.8. The lowest BCUT2D eigenvalue weighted by atomic mass is 10.2. The third kappa shape index (κ3) is 3.30. The van der Waals surface area contributed by atoms with Gasteiger partial charge in [-0.05, 0) is 32.6 Å². The standard InChI is InChI=1S/C12H19N3O2/c1-9(16)3-2-6-13-11-12(17)15(8-7-14-11)10-4-5-10/h7-10,16H,2-6H2,1H3,(H,13,14). The summed E-state index contributed by atoms with van der Waals surface area (Å²) in [6.45, 7) is 2.43. The van der Waals surface area contributed by atoms with E-state index in [1.807, 2.05) is 0 Å². The van der Waals surface area contributed by atoms with Gasteiger partial charge in [-0.3, -0.25) is 4.79 Å². The number of anilines is 1. The van der Waals surface area contributed by atoms with Crippen LogP contribution in [-0.4, -0.2) is 27.3 Å². The number of aliphatic hydroxyl groups is 1. The Kier molecular flexibility index (Phi) is 3.78. The molecule has 1 aromatic heterocycles. The molecule has 0 saturated heterocycles. The lowest BCUT2D eigenvalue weighted by Crippen LogP contribution is -2.24. The van der Waals surface area contributed by atoms with Gasteiger partial charge in [-0.1, -0.05) is 0 Å². The molecule has 1 saturated carbocycles. The molecule has 0 aromatic carbocycles. The molecule has 1 heterocycles. The number of aliphatic hydroxyl groups excluding tert-OH is 1. The first-order valence-corrected chi connectivity index (χ1v) is 6.17. The van der Waals surface area contributed by atoms with Crippen molar-refractivity contribution in [3.8, 4) is 0 Å². The molecule has 2 N–H and O–H groups in total. The van der Waals surface area contributed by atoms with Crippen molar-refractivity contribution in [3.63, 3.8) is 0 Å². The van der Waals surface area contributed by atoms with E-state index in [2.05, 4.69) is 10.3 Å². The van der Waals surface area contributed by atoms with Crippen LogP contribution in [0.4, 0.5) is 5.82 Å². The zero-order valence-corrected chi connectivity index (χ0v) is 10.1. The number of nitrogens with one attached hydrogen (secondary N) is 1. The average Bonchev–Trinajstić information content (AvgIpc) is 3.10. The Hall–Kier alpha value is -1.36. The molecule has 0 bridgehead atoms. The Morgan fingerprint density at radius 3 is 3.06 bits per heavy atom. The molecule has 0 amide bonds. The highest BCUT2D eigenvalue weighted by atomic mass is 16.3. The van der Waals surface area contributed by atoms with E-state index < -0.39 is 0 Å². The third-order valence-electron chi connectivity index (χ3n) is 2.90. The Bertz CT molecular complexity index is 424. The fourth-order valence-electron chi connectivity index (χ4n) is 1.79. The molecule has 1 aliphatic carbocycles. The summed E-state index contributed by atoms with van der Waals surface area (Å²) in [6, 6.07) is 0.378. The highest BCUT2D eigenvalue weighted by Gasteiger charge is 2.25. The molecule has 17 heavy (non-hydrogen) atoms. The summed E-state index contributed by atoms with van der Waals surface area (Å²) in [5.74, 6) is 0.421. The summed E-state index contributed by atoms with van der Waals surface area (Å²) in [4.78, 5) is 16.0. The highest BCUT2D eigenvalue weighted by Crippen LogP contribution is 2.33. The van der Waals surface area contributed by atoms with Crippen LogP contribution < -0.4 is 10.9 Å². The van der Waals surface area contributed by atoms with Gasteiger partial charge in [-0.2, -0.15) is 0 Å². The molecule has 1 fully saturated rings. The lowest BCUT2D eigenvalue weighted by molar-refractivity contribution is 0.183. The van der Waals surface area contributed by atoms with Gasteiger partial charge in [-0.25, -0.2) is 4.98 Å². The first kappa shape index (κ1) is 12.1. The van der Waals surface area contributed by atoms with Gasteiger partial charge in [0.2, 0.25) is 0 Å². The topological polar surface area (TPSA) is 67.2 Å². The minimum atomic E-state index is -0.288. The van der Waals surface area contributed by atoms with Crippen LogP contribution in [0.2, 0.25) is 0 Å². The maximum atomic E-state index is 12.0. The number of aromatic nitrogens is 2. The van der Waals surface area contributed by atoms with Crippen molar-refractivity contribution in [1.29, 1.82) is 0 Å². The first-order valence-electron chi connectivity index (χ1n) is 6.17. The van der Waals surface area contributed by atoms with Crippen LogP contribution in [0.25, 0.3) is 0 Å². The predicted octanol–water partition coefficient (Wildman–Crippen LogP) is 1.15. The molecule has 1 atom stereocenters. The van der Waals surface area contributed by atoms with Gasteiger partial charge in [0.25, 0.3) is 5.56 Å². The molecule has 0 aliphatic heterocycles. The van der Waals surface area contributed by atoms with Crippen molar-refractivity contribution in [3.05, 3.63) is 22.7 Å². The maximum Gasteiger partial charge on any atom is 0.293 e. The van der Waals surface area contributed by atoms with Crippen molar-refractivity contribution in [1.82, 2.24) is 9.55 Å². The largest absolute Gasteiger partial charge is 0.393 e. The predicted molar refractivity (Wildman–Crippen MR) is 66.2 cm³/mol. The van der Waals surface area contributed by atoms with Gasteiger partial charge in [0, 0.05) is 25.0 Å². The van der Waals surface area contributed by atoms with Crippen LogP contribution in [0, 0.1) is 0 Å². The molecule has 1 aliphatic rings. The molecular formula is C12H19N3O2. The van der Waals surface area contributed by atoms with Crippen molar-refractivity contribution in [2.45, 2.75) is 44.8 Å². The van der Waals surface area contributed by atoms with Gasteiger partial charge >= 0.3 is 0 Å². The minimum absolute atomic E-state index is 0.0351. The van der Waals surface area contributed by atoms with Crippen molar-refractivity contribution >= 4 is 5.82 Å². The second kappa shape index (κ2) is 5.31.